The molecule has 0 bridgehead atoms. The molecule has 0 heterocycles. The largest absolute Gasteiger partial charge is 0.465 e. The predicted molar refractivity (Wildman–Crippen MR) is 137 cm³/mol. The first kappa shape index (κ1) is 29.6. The van der Waals surface area contributed by atoms with E-state index in [0.29, 0.717) is 11.1 Å². The van der Waals surface area contributed by atoms with Crippen LogP contribution in [-0.4, -0.2) is 50.8 Å². The standard InChI is InChI=1S/C16H37P.C10H10O4/c1-5-9-13-17(14-10-6-2,15-11-7-3)16-12-8-4;1-13-9(11)7-4-3-5-8(6-7)10(12)14-2/h17H,5-16H2,1-4H3;3-6H,1-2H3. The van der Waals surface area contributed by atoms with Crippen molar-refractivity contribution in [3.8, 4) is 0 Å². The van der Waals surface area contributed by atoms with Crippen LogP contribution in [0.15, 0.2) is 24.3 Å². The fourth-order valence-corrected chi connectivity index (χ4v) is 9.88. The van der Waals surface area contributed by atoms with Crippen molar-refractivity contribution in [2.75, 3.05) is 38.9 Å². The molecule has 1 aromatic rings. The number of unbranched alkanes of at least 4 members (excludes halogenated alkanes) is 4. The van der Waals surface area contributed by atoms with E-state index in [0.717, 1.165) is 0 Å². The second-order valence-electron chi connectivity index (χ2n) is 8.48. The Morgan fingerprint density at radius 2 is 1.00 bits per heavy atom. The summed E-state index contributed by atoms with van der Waals surface area (Å²) >= 11 is 0. The maximum atomic E-state index is 11.1. The first-order valence-corrected chi connectivity index (χ1v) is 15.0. The van der Waals surface area contributed by atoms with Crippen molar-refractivity contribution in [1.29, 1.82) is 0 Å². The van der Waals surface area contributed by atoms with E-state index in [2.05, 4.69) is 37.2 Å². The van der Waals surface area contributed by atoms with Crippen LogP contribution in [0.5, 0.6) is 0 Å². The monoisotopic (exact) mass is 454 g/mol. The van der Waals surface area contributed by atoms with Crippen LogP contribution < -0.4 is 0 Å². The second-order valence-corrected chi connectivity index (χ2v) is 13.5. The number of hydrogen-bond acceptors (Lipinski definition) is 4. The summed E-state index contributed by atoms with van der Waals surface area (Å²) in [5.74, 6) is -0.952. The molecule has 0 N–H and O–H groups in total. The molecule has 1 rings (SSSR count). The SMILES string of the molecule is CCCC[PH](CCCC)(CCCC)CCCC.COC(=O)c1cccc(C(=O)OC)c1. The maximum Gasteiger partial charge on any atom is 0.337 e. The van der Waals surface area contributed by atoms with Gasteiger partial charge in [-0.25, -0.2) is 9.59 Å². The predicted octanol–water partition coefficient (Wildman–Crippen LogP) is 7.20. The third-order valence-electron chi connectivity index (χ3n) is 5.95. The number of ether oxygens (including phenoxy) is 2. The van der Waals surface area contributed by atoms with E-state index in [4.69, 9.17) is 0 Å². The van der Waals surface area contributed by atoms with Crippen molar-refractivity contribution in [2.45, 2.75) is 79.1 Å². The van der Waals surface area contributed by atoms with E-state index in [1.807, 2.05) is 0 Å². The summed E-state index contributed by atoms with van der Waals surface area (Å²) in [4.78, 5) is 22.2. The van der Waals surface area contributed by atoms with E-state index in [9.17, 15) is 9.59 Å². The van der Waals surface area contributed by atoms with Crippen LogP contribution in [0.2, 0.25) is 0 Å². The number of hydrogen-bond donors (Lipinski definition) is 0. The fourth-order valence-electron chi connectivity index (χ4n) is 3.97. The van der Waals surface area contributed by atoms with E-state index in [1.54, 1.807) is 42.8 Å². The summed E-state index contributed by atoms with van der Waals surface area (Å²) in [6.45, 7) is 9.44. The van der Waals surface area contributed by atoms with Crippen molar-refractivity contribution in [1.82, 2.24) is 0 Å². The van der Waals surface area contributed by atoms with Gasteiger partial charge >= 0.3 is 123 Å². The molecule has 180 valence electrons. The quantitative estimate of drug-likeness (QED) is 0.220. The van der Waals surface area contributed by atoms with Gasteiger partial charge in [0.2, 0.25) is 0 Å². The van der Waals surface area contributed by atoms with E-state index < -0.39 is 19.2 Å². The Balaban J connectivity index is 0.000000590. The van der Waals surface area contributed by atoms with Gasteiger partial charge in [0, 0.05) is 0 Å². The van der Waals surface area contributed by atoms with Crippen molar-refractivity contribution in [3.05, 3.63) is 35.4 Å². The Bertz CT molecular complexity index is 546. The summed E-state index contributed by atoms with van der Waals surface area (Å²) in [5, 5.41) is 0. The molecule has 5 heteroatoms. The van der Waals surface area contributed by atoms with Gasteiger partial charge in [-0.05, 0) is 18.2 Å². The Hall–Kier alpha value is -1.41. The number of esters is 2. The van der Waals surface area contributed by atoms with Crippen LogP contribution in [0, 0.1) is 0 Å². The zero-order chi connectivity index (χ0) is 23.5. The number of carbonyl (C=O) groups is 2. The molecule has 0 spiro atoms. The number of benzene rings is 1. The minimum Gasteiger partial charge on any atom is -0.465 e. The zero-order valence-corrected chi connectivity index (χ0v) is 21.9. The van der Waals surface area contributed by atoms with Gasteiger partial charge in [0.1, 0.15) is 0 Å². The van der Waals surface area contributed by atoms with Crippen molar-refractivity contribution in [3.63, 3.8) is 0 Å². The van der Waals surface area contributed by atoms with Crippen LogP contribution in [0.3, 0.4) is 0 Å². The fraction of sp³-hybridized carbons (Fsp3) is 0.692. The topological polar surface area (TPSA) is 52.6 Å². The van der Waals surface area contributed by atoms with E-state index >= 15 is 0 Å². The summed E-state index contributed by atoms with van der Waals surface area (Å²) in [6, 6.07) is 6.16. The average Bonchev–Trinajstić information content (AvgIpc) is 2.82. The average molecular weight is 455 g/mol. The van der Waals surface area contributed by atoms with E-state index in [-0.39, 0.29) is 0 Å². The third-order valence-corrected chi connectivity index (χ3v) is 11.6. The van der Waals surface area contributed by atoms with Crippen LogP contribution in [0.1, 0.15) is 99.8 Å². The second kappa shape index (κ2) is 18.2. The molecular weight excluding hydrogens is 407 g/mol. The van der Waals surface area contributed by atoms with Crippen LogP contribution in [0.25, 0.3) is 0 Å². The molecule has 0 atom stereocenters. The number of methoxy groups -OCH3 is 2. The molecule has 0 aliphatic heterocycles. The molecule has 1 aromatic carbocycles. The molecular formula is C26H47O4P. The molecule has 31 heavy (non-hydrogen) atoms. The molecule has 4 nitrogen and oxygen atoms in total. The normalized spacial score (nSPS) is 11.3. The van der Waals surface area contributed by atoms with Gasteiger partial charge in [0.05, 0.1) is 25.3 Å². The van der Waals surface area contributed by atoms with Gasteiger partial charge in [-0.2, -0.15) is 0 Å². The molecule has 0 aliphatic carbocycles. The molecule has 0 aliphatic rings. The van der Waals surface area contributed by atoms with Gasteiger partial charge < -0.3 is 9.47 Å². The van der Waals surface area contributed by atoms with Crippen LogP contribution in [0.4, 0.5) is 0 Å². The van der Waals surface area contributed by atoms with Crippen molar-refractivity contribution in [2.24, 2.45) is 0 Å². The van der Waals surface area contributed by atoms with Gasteiger partial charge in [-0.1, -0.05) is 6.07 Å². The van der Waals surface area contributed by atoms with E-state index in [1.165, 1.54) is 71.7 Å². The summed E-state index contributed by atoms with van der Waals surface area (Å²) in [5.41, 5.74) is 0.658. The molecule has 0 saturated carbocycles. The van der Waals surface area contributed by atoms with Gasteiger partial charge in [-0.3, -0.25) is 0 Å². The number of rotatable bonds is 14. The Morgan fingerprint density at radius 1 is 0.677 bits per heavy atom. The Kier molecular flexibility index (Phi) is 17.4. The van der Waals surface area contributed by atoms with Gasteiger partial charge in [0.25, 0.3) is 0 Å². The molecule has 0 fully saturated rings. The maximum absolute atomic E-state index is 11.1. The van der Waals surface area contributed by atoms with Crippen LogP contribution in [-0.2, 0) is 9.47 Å². The van der Waals surface area contributed by atoms with Crippen molar-refractivity contribution < 1.29 is 19.1 Å². The molecule has 0 aromatic heterocycles. The minimum absolute atomic E-state index is 0.329. The Morgan fingerprint density at radius 3 is 1.26 bits per heavy atom. The van der Waals surface area contributed by atoms with Gasteiger partial charge in [0.15, 0.2) is 0 Å². The van der Waals surface area contributed by atoms with Gasteiger partial charge in [-0.15, -0.1) is 0 Å². The first-order valence-electron chi connectivity index (χ1n) is 12.2. The third kappa shape index (κ3) is 12.3. The van der Waals surface area contributed by atoms with Crippen LogP contribution >= 0.6 is 7.26 Å². The first-order chi connectivity index (χ1) is 14.9. The zero-order valence-electron chi connectivity index (χ0n) is 20.9. The summed E-state index contributed by atoms with van der Waals surface area (Å²) in [7, 11) is 1.69. The molecule has 0 radical (unpaired) electrons. The smallest absolute Gasteiger partial charge is 0.337 e. The molecule has 0 saturated heterocycles. The summed E-state index contributed by atoms with van der Waals surface area (Å²) in [6.07, 6.45) is 18.1. The van der Waals surface area contributed by atoms with Crippen molar-refractivity contribution >= 4 is 19.2 Å². The number of carbonyl (C=O) groups excluding carboxylic acids is 2. The minimum atomic E-state index is -0.879. The summed E-state index contributed by atoms with van der Waals surface area (Å²) < 4.78 is 9.03. The molecule has 0 amide bonds. The Labute approximate surface area is 191 Å². The molecule has 0 unspecified atom stereocenters.